The van der Waals surface area contributed by atoms with Gasteiger partial charge in [0.1, 0.15) is 5.75 Å². The number of rotatable bonds is 9. The minimum absolute atomic E-state index is 0.0267. The second kappa shape index (κ2) is 14.7. The molecule has 2 saturated carbocycles. The Morgan fingerprint density at radius 1 is 0.810 bits per heavy atom. The molecule has 1 heterocycles. The number of anilines is 2. The third-order valence-corrected chi connectivity index (χ3v) is 9.31. The number of amides is 3. The number of nitrogens with one attached hydrogen (secondary N) is 1. The molecule has 2 aromatic carbocycles. The summed E-state index contributed by atoms with van der Waals surface area (Å²) < 4.78 is 5.57. The van der Waals surface area contributed by atoms with Crippen molar-refractivity contribution >= 4 is 29.1 Å². The normalized spacial score (nSPS) is 18.8. The van der Waals surface area contributed by atoms with Crippen LogP contribution in [0, 0.1) is 11.8 Å². The molecule has 0 bridgehead atoms. The number of ether oxygens (including phenoxy) is 1. The van der Waals surface area contributed by atoms with E-state index in [-0.39, 0.29) is 23.7 Å². The quantitative estimate of drug-likeness (QED) is 0.411. The van der Waals surface area contributed by atoms with Gasteiger partial charge in [-0.25, -0.2) is 0 Å². The Balaban J connectivity index is 1.29. The highest BCUT2D eigenvalue weighted by molar-refractivity contribution is 6.10. The second-order valence-corrected chi connectivity index (χ2v) is 12.0. The first kappa shape index (κ1) is 30.1. The minimum atomic E-state index is -0.409. The van der Waals surface area contributed by atoms with Gasteiger partial charge in [-0.1, -0.05) is 62.8 Å². The monoisotopic (exact) mass is 574 g/mol. The Bertz CT molecular complexity index is 1210. The molecule has 0 spiro atoms. The number of methoxy groups -OCH3 is 1. The summed E-state index contributed by atoms with van der Waals surface area (Å²) in [5.41, 5.74) is 2.11. The van der Waals surface area contributed by atoms with Crippen LogP contribution in [-0.4, -0.2) is 69.0 Å². The van der Waals surface area contributed by atoms with Gasteiger partial charge >= 0.3 is 0 Å². The molecule has 42 heavy (non-hydrogen) atoms. The van der Waals surface area contributed by atoms with E-state index in [1.165, 1.54) is 6.42 Å². The summed E-state index contributed by atoms with van der Waals surface area (Å²) in [5.74, 6) is 0.249. The highest BCUT2D eigenvalue weighted by atomic mass is 16.5. The van der Waals surface area contributed by atoms with Crippen molar-refractivity contribution in [3.63, 3.8) is 0 Å². The van der Waals surface area contributed by atoms with Gasteiger partial charge < -0.3 is 14.5 Å². The van der Waals surface area contributed by atoms with Crippen LogP contribution in [0.2, 0.25) is 0 Å². The van der Waals surface area contributed by atoms with Crippen LogP contribution in [-0.2, 0) is 9.59 Å². The van der Waals surface area contributed by atoms with Crippen molar-refractivity contribution in [2.45, 2.75) is 64.2 Å². The molecule has 5 rings (SSSR count). The Labute approximate surface area is 250 Å². The topological polar surface area (TPSA) is 82.2 Å². The van der Waals surface area contributed by atoms with Gasteiger partial charge in [0, 0.05) is 51.1 Å². The molecule has 8 nitrogen and oxygen atoms in total. The van der Waals surface area contributed by atoms with E-state index in [0.717, 1.165) is 102 Å². The maximum atomic E-state index is 14.0. The highest BCUT2D eigenvalue weighted by Gasteiger charge is 2.31. The maximum absolute atomic E-state index is 14.0. The van der Waals surface area contributed by atoms with E-state index >= 15 is 0 Å². The van der Waals surface area contributed by atoms with Gasteiger partial charge in [-0.3, -0.25) is 24.6 Å². The number of benzene rings is 2. The van der Waals surface area contributed by atoms with Crippen LogP contribution in [0.25, 0.3) is 0 Å². The minimum Gasteiger partial charge on any atom is -0.495 e. The largest absolute Gasteiger partial charge is 0.495 e. The van der Waals surface area contributed by atoms with E-state index in [1.54, 1.807) is 13.2 Å². The van der Waals surface area contributed by atoms with Crippen molar-refractivity contribution in [3.8, 4) is 5.75 Å². The summed E-state index contributed by atoms with van der Waals surface area (Å²) in [7, 11) is 1.71. The van der Waals surface area contributed by atoms with Gasteiger partial charge in [0.05, 0.1) is 24.0 Å². The molecule has 0 atom stereocenters. The fourth-order valence-corrected chi connectivity index (χ4v) is 6.81. The Hall–Kier alpha value is -3.39. The average molecular weight is 575 g/mol. The van der Waals surface area contributed by atoms with Gasteiger partial charge in [0.2, 0.25) is 11.8 Å². The Morgan fingerprint density at radius 3 is 2.12 bits per heavy atom. The zero-order chi connectivity index (χ0) is 29.3. The van der Waals surface area contributed by atoms with Crippen LogP contribution in [0.5, 0.6) is 5.75 Å². The number of para-hydroxylation sites is 3. The van der Waals surface area contributed by atoms with Crippen molar-refractivity contribution in [2.75, 3.05) is 56.2 Å². The van der Waals surface area contributed by atoms with Gasteiger partial charge in [-0.05, 0) is 49.9 Å². The number of nitrogens with zero attached hydrogens (tertiary/aromatic N) is 3. The zero-order valence-corrected chi connectivity index (χ0v) is 25.1. The highest BCUT2D eigenvalue weighted by Crippen LogP contribution is 2.31. The van der Waals surface area contributed by atoms with Crippen LogP contribution in [0.4, 0.5) is 11.4 Å². The summed E-state index contributed by atoms with van der Waals surface area (Å²) in [5, 5.41) is 2.67. The third kappa shape index (κ3) is 7.33. The average Bonchev–Trinajstić information content (AvgIpc) is 3.06. The first-order valence-corrected chi connectivity index (χ1v) is 15.9. The SMILES string of the molecule is COc1ccccc1N1CCN(CCN(C(=O)C2CCCCC2)c2ccccc2C(=O)NC(=O)C2CCCCC2)CC1. The standard InChI is InChI=1S/C34H46N4O4/c1-42-31-19-11-10-18-30(31)37-23-20-36(21-24-37)22-25-38(34(41)27-14-6-3-7-15-27)29-17-9-8-16-28(29)33(40)35-32(39)26-12-4-2-5-13-26/h8-11,16-19,26-27H,2-7,12-15,20-25H2,1H3,(H,35,39,40). The van der Waals surface area contributed by atoms with Gasteiger partial charge in [0.15, 0.2) is 0 Å². The summed E-state index contributed by atoms with van der Waals surface area (Å²) in [6, 6.07) is 15.4. The first-order valence-electron chi connectivity index (χ1n) is 15.9. The summed E-state index contributed by atoms with van der Waals surface area (Å²) in [6.07, 6.45) is 9.94. The lowest BCUT2D eigenvalue weighted by Gasteiger charge is -2.38. The molecule has 8 heteroatoms. The van der Waals surface area contributed by atoms with E-state index < -0.39 is 5.91 Å². The zero-order valence-electron chi connectivity index (χ0n) is 25.1. The van der Waals surface area contributed by atoms with E-state index in [0.29, 0.717) is 17.8 Å². The van der Waals surface area contributed by atoms with E-state index in [1.807, 2.05) is 41.3 Å². The fourth-order valence-electron chi connectivity index (χ4n) is 6.81. The smallest absolute Gasteiger partial charge is 0.259 e. The molecule has 2 aromatic rings. The molecule has 3 fully saturated rings. The lowest BCUT2D eigenvalue weighted by atomic mass is 9.88. The summed E-state index contributed by atoms with van der Waals surface area (Å²) >= 11 is 0. The molecule has 3 aliphatic rings. The molecule has 0 unspecified atom stereocenters. The van der Waals surface area contributed by atoms with E-state index in [9.17, 15) is 14.4 Å². The van der Waals surface area contributed by atoms with Crippen LogP contribution in [0.3, 0.4) is 0 Å². The van der Waals surface area contributed by atoms with Crippen molar-refractivity contribution in [1.82, 2.24) is 10.2 Å². The maximum Gasteiger partial charge on any atom is 0.259 e. The molecule has 226 valence electrons. The van der Waals surface area contributed by atoms with Crippen LogP contribution in [0.15, 0.2) is 48.5 Å². The molecule has 2 aliphatic carbocycles. The summed E-state index contributed by atoms with van der Waals surface area (Å²) in [4.78, 5) is 47.0. The molecule has 3 amide bonds. The van der Waals surface area contributed by atoms with E-state index in [4.69, 9.17) is 4.74 Å². The predicted octanol–water partition coefficient (Wildman–Crippen LogP) is 5.27. The Kier molecular flexibility index (Phi) is 10.5. The van der Waals surface area contributed by atoms with Gasteiger partial charge in [-0.15, -0.1) is 0 Å². The predicted molar refractivity (Wildman–Crippen MR) is 166 cm³/mol. The molecular formula is C34H46N4O4. The molecule has 0 radical (unpaired) electrons. The third-order valence-electron chi connectivity index (χ3n) is 9.31. The number of hydrogen-bond acceptors (Lipinski definition) is 6. The van der Waals surface area contributed by atoms with Crippen molar-refractivity contribution < 1.29 is 19.1 Å². The van der Waals surface area contributed by atoms with Crippen molar-refractivity contribution in [1.29, 1.82) is 0 Å². The number of carbonyl (C=O) groups is 3. The summed E-state index contributed by atoms with van der Waals surface area (Å²) in [6.45, 7) is 4.72. The lowest BCUT2D eigenvalue weighted by molar-refractivity contribution is -0.125. The molecular weight excluding hydrogens is 528 g/mol. The molecule has 1 saturated heterocycles. The van der Waals surface area contributed by atoms with E-state index in [2.05, 4.69) is 21.2 Å². The number of carbonyl (C=O) groups excluding carboxylic acids is 3. The number of hydrogen-bond donors (Lipinski definition) is 1. The van der Waals surface area contributed by atoms with Crippen LogP contribution >= 0.6 is 0 Å². The van der Waals surface area contributed by atoms with Gasteiger partial charge in [-0.2, -0.15) is 0 Å². The van der Waals surface area contributed by atoms with Crippen molar-refractivity contribution in [2.24, 2.45) is 11.8 Å². The molecule has 1 aliphatic heterocycles. The fraction of sp³-hybridized carbons (Fsp3) is 0.559. The van der Waals surface area contributed by atoms with Gasteiger partial charge in [0.25, 0.3) is 5.91 Å². The number of piperazine rings is 1. The lowest BCUT2D eigenvalue weighted by Crippen LogP contribution is -2.50. The first-order chi connectivity index (χ1) is 20.5. The molecule has 0 aromatic heterocycles. The van der Waals surface area contributed by atoms with Crippen LogP contribution in [0.1, 0.15) is 74.6 Å². The second-order valence-electron chi connectivity index (χ2n) is 12.0. The van der Waals surface area contributed by atoms with Crippen LogP contribution < -0.4 is 19.9 Å². The van der Waals surface area contributed by atoms with Crippen molar-refractivity contribution in [3.05, 3.63) is 54.1 Å². The molecule has 1 N–H and O–H groups in total. The Morgan fingerprint density at radius 2 is 1.43 bits per heavy atom. The number of imide groups is 1.